The normalized spacial score (nSPS) is 34.1. The summed E-state index contributed by atoms with van der Waals surface area (Å²) in [4.78, 5) is 2.11. The van der Waals surface area contributed by atoms with E-state index in [1.807, 2.05) is 7.05 Å². The van der Waals surface area contributed by atoms with Gasteiger partial charge in [-0.2, -0.15) is 0 Å². The minimum Gasteiger partial charge on any atom is -0.305 e. The van der Waals surface area contributed by atoms with Gasteiger partial charge in [-0.25, -0.2) is 8.78 Å². The Kier molecular flexibility index (Phi) is 1.32. The SMILES string of the molecule is CN1CC2(CCC(F)(F)C2)C1. The molecule has 0 bridgehead atoms. The van der Waals surface area contributed by atoms with Crippen LogP contribution in [0.15, 0.2) is 0 Å². The standard InChI is InChI=1S/C8H13F2N/c1-11-5-7(6-11)2-3-8(9,10)4-7/h2-6H2,1H3. The van der Waals surface area contributed by atoms with Gasteiger partial charge in [0.1, 0.15) is 0 Å². The first-order chi connectivity index (χ1) is 5.02. The van der Waals surface area contributed by atoms with Crippen molar-refractivity contribution in [1.29, 1.82) is 0 Å². The van der Waals surface area contributed by atoms with Gasteiger partial charge in [0.2, 0.25) is 5.92 Å². The van der Waals surface area contributed by atoms with Crippen molar-refractivity contribution in [3.63, 3.8) is 0 Å². The summed E-state index contributed by atoms with van der Waals surface area (Å²) in [7, 11) is 1.99. The summed E-state index contributed by atoms with van der Waals surface area (Å²) in [5, 5.41) is 0. The van der Waals surface area contributed by atoms with Crippen molar-refractivity contribution in [2.45, 2.75) is 25.2 Å². The Balaban J connectivity index is 2.00. The minimum absolute atomic E-state index is 0.00174. The number of halogens is 2. The molecule has 0 unspecified atom stereocenters. The highest BCUT2D eigenvalue weighted by Gasteiger charge is 2.54. The van der Waals surface area contributed by atoms with Gasteiger partial charge in [0.15, 0.2) is 0 Å². The molecule has 11 heavy (non-hydrogen) atoms. The van der Waals surface area contributed by atoms with Gasteiger partial charge in [-0.05, 0) is 13.5 Å². The Hall–Kier alpha value is -0.180. The van der Waals surface area contributed by atoms with Gasteiger partial charge in [-0.3, -0.25) is 0 Å². The molecule has 0 aromatic rings. The molecular formula is C8H13F2N. The van der Waals surface area contributed by atoms with Crippen molar-refractivity contribution >= 4 is 0 Å². The first-order valence-corrected chi connectivity index (χ1v) is 4.08. The van der Waals surface area contributed by atoms with Crippen LogP contribution in [-0.2, 0) is 0 Å². The average molecular weight is 161 g/mol. The zero-order valence-corrected chi connectivity index (χ0v) is 6.74. The highest BCUT2D eigenvalue weighted by molar-refractivity contribution is 5.01. The molecule has 1 spiro atoms. The third kappa shape index (κ3) is 1.15. The molecule has 1 saturated heterocycles. The number of rotatable bonds is 0. The fourth-order valence-corrected chi connectivity index (χ4v) is 2.54. The Labute approximate surface area is 65.4 Å². The quantitative estimate of drug-likeness (QED) is 0.523. The first kappa shape index (κ1) is 7.47. The molecule has 1 aliphatic heterocycles. The highest BCUT2D eigenvalue weighted by Crippen LogP contribution is 2.51. The third-order valence-corrected chi connectivity index (χ3v) is 2.87. The molecule has 2 aliphatic rings. The van der Waals surface area contributed by atoms with Crippen LogP contribution in [0.3, 0.4) is 0 Å². The van der Waals surface area contributed by atoms with E-state index in [1.54, 1.807) is 0 Å². The van der Waals surface area contributed by atoms with Crippen LogP contribution in [0.1, 0.15) is 19.3 Å². The lowest BCUT2D eigenvalue weighted by molar-refractivity contribution is -0.0380. The van der Waals surface area contributed by atoms with E-state index in [1.165, 1.54) is 0 Å². The summed E-state index contributed by atoms with van der Waals surface area (Å²) in [5.41, 5.74) is -0.00174. The molecule has 2 rings (SSSR count). The monoisotopic (exact) mass is 161 g/mol. The maximum Gasteiger partial charge on any atom is 0.248 e. The van der Waals surface area contributed by atoms with Crippen LogP contribution in [-0.4, -0.2) is 31.0 Å². The molecular weight excluding hydrogens is 148 g/mol. The van der Waals surface area contributed by atoms with Crippen LogP contribution in [0.5, 0.6) is 0 Å². The van der Waals surface area contributed by atoms with Crippen LogP contribution in [0.2, 0.25) is 0 Å². The molecule has 0 atom stereocenters. The molecule has 3 heteroatoms. The second-order valence-corrected chi connectivity index (χ2v) is 4.21. The number of likely N-dealkylation sites (tertiary alicyclic amines) is 1. The molecule has 0 aromatic heterocycles. The number of nitrogens with zero attached hydrogens (tertiary/aromatic N) is 1. The van der Waals surface area contributed by atoms with E-state index in [-0.39, 0.29) is 18.3 Å². The Bertz CT molecular complexity index is 173. The van der Waals surface area contributed by atoms with Gasteiger partial charge in [-0.15, -0.1) is 0 Å². The van der Waals surface area contributed by atoms with E-state index in [9.17, 15) is 8.78 Å². The van der Waals surface area contributed by atoms with E-state index in [4.69, 9.17) is 0 Å². The summed E-state index contributed by atoms with van der Waals surface area (Å²) in [6.07, 6.45) is 0.968. The average Bonchev–Trinajstić information content (AvgIpc) is 2.05. The summed E-state index contributed by atoms with van der Waals surface area (Å²) >= 11 is 0. The summed E-state index contributed by atoms with van der Waals surface area (Å²) in [5.74, 6) is -2.36. The maximum absolute atomic E-state index is 12.8. The molecule has 64 valence electrons. The molecule has 1 aliphatic carbocycles. The number of hydrogen-bond acceptors (Lipinski definition) is 1. The predicted octanol–water partition coefficient (Wildman–Crippen LogP) is 1.74. The largest absolute Gasteiger partial charge is 0.305 e. The lowest BCUT2D eigenvalue weighted by Crippen LogP contribution is -2.53. The summed E-state index contributed by atoms with van der Waals surface area (Å²) < 4.78 is 25.5. The van der Waals surface area contributed by atoms with Crippen molar-refractivity contribution in [3.05, 3.63) is 0 Å². The van der Waals surface area contributed by atoms with Crippen LogP contribution in [0.25, 0.3) is 0 Å². The molecule has 1 nitrogen and oxygen atoms in total. The van der Waals surface area contributed by atoms with E-state index in [0.29, 0.717) is 0 Å². The van der Waals surface area contributed by atoms with Crippen molar-refractivity contribution in [3.8, 4) is 0 Å². The Morgan fingerprint density at radius 3 is 2.18 bits per heavy atom. The Morgan fingerprint density at radius 1 is 1.18 bits per heavy atom. The molecule has 0 N–H and O–H groups in total. The second kappa shape index (κ2) is 1.94. The topological polar surface area (TPSA) is 3.24 Å². The van der Waals surface area contributed by atoms with Crippen LogP contribution >= 0.6 is 0 Å². The predicted molar refractivity (Wildman–Crippen MR) is 38.7 cm³/mol. The lowest BCUT2D eigenvalue weighted by Gasteiger charge is -2.46. The van der Waals surface area contributed by atoms with Crippen molar-refractivity contribution in [1.82, 2.24) is 4.90 Å². The van der Waals surface area contributed by atoms with Crippen molar-refractivity contribution < 1.29 is 8.78 Å². The zero-order chi connectivity index (χ0) is 8.11. The van der Waals surface area contributed by atoms with Gasteiger partial charge in [-0.1, -0.05) is 0 Å². The van der Waals surface area contributed by atoms with E-state index in [2.05, 4.69) is 4.90 Å². The first-order valence-electron chi connectivity index (χ1n) is 4.08. The van der Waals surface area contributed by atoms with Crippen LogP contribution in [0.4, 0.5) is 8.78 Å². The second-order valence-electron chi connectivity index (χ2n) is 4.21. The van der Waals surface area contributed by atoms with Crippen molar-refractivity contribution in [2.24, 2.45) is 5.41 Å². The fourth-order valence-electron chi connectivity index (χ4n) is 2.54. The minimum atomic E-state index is -2.36. The van der Waals surface area contributed by atoms with Gasteiger partial charge in [0.05, 0.1) is 0 Å². The third-order valence-electron chi connectivity index (χ3n) is 2.87. The van der Waals surface area contributed by atoms with Gasteiger partial charge >= 0.3 is 0 Å². The lowest BCUT2D eigenvalue weighted by atomic mass is 9.78. The summed E-state index contributed by atoms with van der Waals surface area (Å²) in [6, 6.07) is 0. The fraction of sp³-hybridized carbons (Fsp3) is 1.00. The zero-order valence-electron chi connectivity index (χ0n) is 6.74. The molecule has 1 saturated carbocycles. The molecule has 0 radical (unpaired) electrons. The molecule has 1 heterocycles. The van der Waals surface area contributed by atoms with E-state index in [0.717, 1.165) is 19.5 Å². The number of alkyl halides is 2. The summed E-state index contributed by atoms with van der Waals surface area (Å²) in [6.45, 7) is 1.76. The van der Waals surface area contributed by atoms with Crippen LogP contribution < -0.4 is 0 Å². The van der Waals surface area contributed by atoms with Gasteiger partial charge < -0.3 is 4.90 Å². The van der Waals surface area contributed by atoms with Crippen molar-refractivity contribution in [2.75, 3.05) is 20.1 Å². The van der Waals surface area contributed by atoms with E-state index < -0.39 is 5.92 Å². The molecule has 0 amide bonds. The van der Waals surface area contributed by atoms with Crippen LogP contribution in [0, 0.1) is 5.41 Å². The van der Waals surface area contributed by atoms with Gasteiger partial charge in [0, 0.05) is 31.3 Å². The van der Waals surface area contributed by atoms with E-state index >= 15 is 0 Å². The molecule has 2 fully saturated rings. The number of hydrogen-bond donors (Lipinski definition) is 0. The Morgan fingerprint density at radius 2 is 1.82 bits per heavy atom. The smallest absolute Gasteiger partial charge is 0.248 e. The van der Waals surface area contributed by atoms with Gasteiger partial charge in [0.25, 0.3) is 0 Å². The molecule has 0 aromatic carbocycles. The maximum atomic E-state index is 12.8. The highest BCUT2D eigenvalue weighted by atomic mass is 19.3.